The Morgan fingerprint density at radius 3 is 2.67 bits per heavy atom. The molecule has 4 rings (SSSR count). The summed E-state index contributed by atoms with van der Waals surface area (Å²) in [6.07, 6.45) is 0.946. The highest BCUT2D eigenvalue weighted by atomic mass is 35.5. The number of methoxy groups -OCH3 is 2. The summed E-state index contributed by atoms with van der Waals surface area (Å²) in [7, 11) is 3.09. The van der Waals surface area contributed by atoms with E-state index in [4.69, 9.17) is 21.1 Å². The lowest BCUT2D eigenvalue weighted by Crippen LogP contribution is -2.40. The van der Waals surface area contributed by atoms with Crippen molar-refractivity contribution in [3.8, 4) is 11.5 Å². The number of thiophene rings is 1. The predicted molar refractivity (Wildman–Crippen MR) is 121 cm³/mol. The molecule has 1 atom stereocenters. The lowest BCUT2D eigenvalue weighted by molar-refractivity contribution is -0.117. The van der Waals surface area contributed by atoms with E-state index in [0.717, 1.165) is 13.0 Å². The Hall–Kier alpha value is -2.54. The van der Waals surface area contributed by atoms with Gasteiger partial charge in [-0.15, -0.1) is 11.3 Å². The topological polar surface area (TPSA) is 50.8 Å². The third-order valence-corrected chi connectivity index (χ3v) is 6.57. The number of benzene rings is 2. The van der Waals surface area contributed by atoms with Crippen molar-refractivity contribution < 1.29 is 14.3 Å². The highest BCUT2D eigenvalue weighted by molar-refractivity contribution is 7.10. The first kappa shape index (κ1) is 20.7. The first-order valence-corrected chi connectivity index (χ1v) is 10.9. The Labute approximate surface area is 185 Å². The molecule has 1 aromatic heterocycles. The minimum Gasteiger partial charge on any atom is -0.495 e. The Morgan fingerprint density at radius 1 is 1.17 bits per heavy atom. The molecular weight excluding hydrogens is 420 g/mol. The summed E-state index contributed by atoms with van der Waals surface area (Å²) >= 11 is 8.03. The molecule has 0 saturated heterocycles. The van der Waals surface area contributed by atoms with Crippen molar-refractivity contribution in [1.82, 2.24) is 4.90 Å². The van der Waals surface area contributed by atoms with Crippen LogP contribution in [0.4, 0.5) is 5.69 Å². The van der Waals surface area contributed by atoms with Gasteiger partial charge in [0.15, 0.2) is 0 Å². The molecule has 7 heteroatoms. The third-order valence-electron chi connectivity index (χ3n) is 5.28. The molecule has 0 bridgehead atoms. The SMILES string of the molecule is COc1cc(OC)c(NC(=O)CN2CCc3sccc3[C@@H]2c2ccccc2)cc1Cl. The molecule has 3 aromatic rings. The molecule has 1 aliphatic heterocycles. The van der Waals surface area contributed by atoms with Gasteiger partial charge in [-0.2, -0.15) is 0 Å². The van der Waals surface area contributed by atoms with E-state index >= 15 is 0 Å². The summed E-state index contributed by atoms with van der Waals surface area (Å²) in [5.41, 5.74) is 3.00. The molecule has 0 unspecified atom stereocenters. The van der Waals surface area contributed by atoms with Crippen molar-refractivity contribution >= 4 is 34.5 Å². The number of hydrogen-bond donors (Lipinski definition) is 1. The van der Waals surface area contributed by atoms with E-state index in [1.165, 1.54) is 23.1 Å². The van der Waals surface area contributed by atoms with Gasteiger partial charge < -0.3 is 14.8 Å². The number of hydrogen-bond acceptors (Lipinski definition) is 5. The van der Waals surface area contributed by atoms with Crippen LogP contribution in [0.1, 0.15) is 22.0 Å². The van der Waals surface area contributed by atoms with Gasteiger partial charge in [-0.05, 0) is 35.1 Å². The van der Waals surface area contributed by atoms with Crippen LogP contribution in [-0.4, -0.2) is 38.1 Å². The van der Waals surface area contributed by atoms with Gasteiger partial charge in [-0.1, -0.05) is 41.9 Å². The van der Waals surface area contributed by atoms with Crippen molar-refractivity contribution in [1.29, 1.82) is 0 Å². The van der Waals surface area contributed by atoms with Crippen LogP contribution in [-0.2, 0) is 11.2 Å². The van der Waals surface area contributed by atoms with Gasteiger partial charge >= 0.3 is 0 Å². The van der Waals surface area contributed by atoms with E-state index in [-0.39, 0.29) is 18.5 Å². The Bertz CT molecular complexity index is 1040. The number of carbonyl (C=O) groups is 1. The molecule has 0 aliphatic carbocycles. The van der Waals surface area contributed by atoms with Crippen LogP contribution >= 0.6 is 22.9 Å². The second-order valence-electron chi connectivity index (χ2n) is 7.07. The van der Waals surface area contributed by atoms with Gasteiger partial charge in [0.1, 0.15) is 11.5 Å². The van der Waals surface area contributed by atoms with Crippen molar-refractivity contribution in [2.24, 2.45) is 0 Å². The molecule has 30 heavy (non-hydrogen) atoms. The largest absolute Gasteiger partial charge is 0.495 e. The van der Waals surface area contributed by atoms with Crippen LogP contribution in [0.25, 0.3) is 0 Å². The zero-order valence-corrected chi connectivity index (χ0v) is 18.4. The molecule has 2 aromatic carbocycles. The van der Waals surface area contributed by atoms with Crippen molar-refractivity contribution in [2.75, 3.05) is 32.6 Å². The van der Waals surface area contributed by atoms with E-state index in [1.807, 2.05) is 18.2 Å². The molecule has 0 fully saturated rings. The highest BCUT2D eigenvalue weighted by Gasteiger charge is 2.30. The van der Waals surface area contributed by atoms with Crippen LogP contribution in [0.15, 0.2) is 53.9 Å². The van der Waals surface area contributed by atoms with E-state index in [1.54, 1.807) is 30.6 Å². The van der Waals surface area contributed by atoms with Gasteiger partial charge in [-0.3, -0.25) is 9.69 Å². The second-order valence-corrected chi connectivity index (χ2v) is 8.48. The first-order valence-electron chi connectivity index (χ1n) is 9.67. The first-order chi connectivity index (χ1) is 14.6. The van der Waals surface area contributed by atoms with Gasteiger partial charge in [-0.25, -0.2) is 0 Å². The lowest BCUT2D eigenvalue weighted by atomic mass is 9.93. The van der Waals surface area contributed by atoms with E-state index < -0.39 is 0 Å². The fourth-order valence-electron chi connectivity index (χ4n) is 3.90. The Kier molecular flexibility index (Phi) is 6.27. The van der Waals surface area contributed by atoms with E-state index in [9.17, 15) is 4.79 Å². The summed E-state index contributed by atoms with van der Waals surface area (Å²) in [4.78, 5) is 16.6. The van der Waals surface area contributed by atoms with Crippen molar-refractivity contribution in [3.05, 3.63) is 74.9 Å². The molecule has 5 nitrogen and oxygen atoms in total. The third kappa shape index (κ3) is 4.17. The molecule has 1 N–H and O–H groups in total. The normalized spacial score (nSPS) is 16.0. The Morgan fingerprint density at radius 2 is 1.93 bits per heavy atom. The number of ether oxygens (including phenoxy) is 2. The fraction of sp³-hybridized carbons (Fsp3) is 0.261. The maximum absolute atomic E-state index is 13.0. The molecule has 0 spiro atoms. The van der Waals surface area contributed by atoms with Crippen LogP contribution < -0.4 is 14.8 Å². The number of halogens is 1. The fourth-order valence-corrected chi connectivity index (χ4v) is 5.04. The van der Waals surface area contributed by atoms with Gasteiger partial charge in [0.05, 0.1) is 37.5 Å². The van der Waals surface area contributed by atoms with E-state index in [2.05, 4.69) is 33.8 Å². The summed E-state index contributed by atoms with van der Waals surface area (Å²) in [5.74, 6) is 0.883. The van der Waals surface area contributed by atoms with Crippen molar-refractivity contribution in [3.63, 3.8) is 0 Å². The summed E-state index contributed by atoms with van der Waals surface area (Å²) < 4.78 is 10.6. The van der Waals surface area contributed by atoms with Crippen LogP contribution in [0, 0.1) is 0 Å². The minimum atomic E-state index is -0.117. The van der Waals surface area contributed by atoms with E-state index in [0.29, 0.717) is 22.2 Å². The Balaban J connectivity index is 1.56. The maximum atomic E-state index is 13.0. The lowest BCUT2D eigenvalue weighted by Gasteiger charge is -2.35. The molecule has 2 heterocycles. The zero-order chi connectivity index (χ0) is 21.1. The molecule has 156 valence electrons. The smallest absolute Gasteiger partial charge is 0.238 e. The quantitative estimate of drug-likeness (QED) is 0.583. The number of anilines is 1. The highest BCUT2D eigenvalue weighted by Crippen LogP contribution is 2.38. The van der Waals surface area contributed by atoms with Gasteiger partial charge in [0.2, 0.25) is 5.91 Å². The molecule has 1 aliphatic rings. The average molecular weight is 443 g/mol. The standard InChI is InChI=1S/C23H23ClN2O3S/c1-28-19-13-20(29-2)18(12-17(19)24)25-22(27)14-26-10-8-21-16(9-11-30-21)23(26)15-6-4-3-5-7-15/h3-7,9,11-13,23H,8,10,14H2,1-2H3,(H,25,27)/t23-/m0/s1. The number of carbonyl (C=O) groups excluding carboxylic acids is 1. The monoisotopic (exact) mass is 442 g/mol. The van der Waals surface area contributed by atoms with Crippen LogP contribution in [0.2, 0.25) is 5.02 Å². The molecule has 1 amide bonds. The van der Waals surface area contributed by atoms with Gasteiger partial charge in [0.25, 0.3) is 0 Å². The summed E-state index contributed by atoms with van der Waals surface area (Å²) in [5, 5.41) is 5.49. The molecule has 0 radical (unpaired) electrons. The predicted octanol–water partition coefficient (Wildman–Crippen LogP) is 5.00. The van der Waals surface area contributed by atoms with Gasteiger partial charge in [0, 0.05) is 17.5 Å². The maximum Gasteiger partial charge on any atom is 0.238 e. The molecule has 0 saturated carbocycles. The average Bonchev–Trinajstić information content (AvgIpc) is 3.23. The summed E-state index contributed by atoms with van der Waals surface area (Å²) in [6.45, 7) is 1.09. The number of rotatable bonds is 6. The molecular formula is C23H23ClN2O3S. The minimum absolute atomic E-state index is 0.0632. The zero-order valence-electron chi connectivity index (χ0n) is 16.9. The van der Waals surface area contributed by atoms with Crippen LogP contribution in [0.5, 0.6) is 11.5 Å². The number of amides is 1. The van der Waals surface area contributed by atoms with Crippen LogP contribution in [0.3, 0.4) is 0 Å². The summed E-state index contributed by atoms with van der Waals surface area (Å²) in [6, 6.07) is 15.9. The second kappa shape index (κ2) is 9.08. The number of nitrogens with zero attached hydrogens (tertiary/aromatic N) is 1. The number of fused-ring (bicyclic) bond motifs is 1. The van der Waals surface area contributed by atoms with Crippen molar-refractivity contribution in [2.45, 2.75) is 12.5 Å². The number of nitrogens with one attached hydrogen (secondary N) is 1.